The molecule has 7 heteroatoms. The number of benzene rings is 1. The van der Waals surface area contributed by atoms with Gasteiger partial charge in [-0.25, -0.2) is 9.59 Å². The van der Waals surface area contributed by atoms with Gasteiger partial charge in [-0.15, -0.1) is 0 Å². The Morgan fingerprint density at radius 2 is 1.86 bits per heavy atom. The van der Waals surface area contributed by atoms with Crippen LogP contribution in [0.3, 0.4) is 0 Å². The van der Waals surface area contributed by atoms with Crippen LogP contribution in [-0.4, -0.2) is 29.1 Å². The molecule has 1 aromatic rings. The van der Waals surface area contributed by atoms with E-state index in [0.717, 1.165) is 11.1 Å². The van der Waals surface area contributed by atoms with E-state index in [-0.39, 0.29) is 19.4 Å². The Labute approximate surface area is 122 Å². The summed E-state index contributed by atoms with van der Waals surface area (Å²) in [4.78, 5) is 33.3. The first-order valence-electron chi connectivity index (χ1n) is 6.49. The number of carboxylic acids is 1. The second-order valence-electron chi connectivity index (χ2n) is 4.71. The Kier molecular flexibility index (Phi) is 6.19. The van der Waals surface area contributed by atoms with E-state index in [2.05, 4.69) is 10.6 Å². The number of urea groups is 1. The van der Waals surface area contributed by atoms with Gasteiger partial charge in [0.15, 0.2) is 0 Å². The Balaban J connectivity index is 2.44. The molecular weight excluding hydrogens is 274 g/mol. The number of carbonyl (C=O) groups excluding carboxylic acids is 2. The lowest BCUT2D eigenvalue weighted by Gasteiger charge is -2.14. The number of carbonyl (C=O) groups is 3. The quantitative estimate of drug-likeness (QED) is 0.585. The van der Waals surface area contributed by atoms with Gasteiger partial charge in [0.25, 0.3) is 0 Å². The van der Waals surface area contributed by atoms with Crippen molar-refractivity contribution in [2.24, 2.45) is 5.73 Å². The van der Waals surface area contributed by atoms with Crippen molar-refractivity contribution in [3.05, 3.63) is 35.4 Å². The van der Waals surface area contributed by atoms with Gasteiger partial charge in [-0.05, 0) is 18.9 Å². The first-order chi connectivity index (χ1) is 9.88. The minimum atomic E-state index is -1.21. The van der Waals surface area contributed by atoms with Gasteiger partial charge in [0.1, 0.15) is 6.04 Å². The van der Waals surface area contributed by atoms with Crippen LogP contribution in [0.15, 0.2) is 24.3 Å². The molecule has 0 aliphatic carbocycles. The average Bonchev–Trinajstić information content (AvgIpc) is 2.42. The zero-order valence-corrected chi connectivity index (χ0v) is 11.8. The van der Waals surface area contributed by atoms with E-state index < -0.39 is 23.9 Å². The third-order valence-corrected chi connectivity index (χ3v) is 2.86. The first kappa shape index (κ1) is 16.5. The topological polar surface area (TPSA) is 122 Å². The summed E-state index contributed by atoms with van der Waals surface area (Å²) in [5, 5.41) is 13.8. The molecule has 5 N–H and O–H groups in total. The van der Waals surface area contributed by atoms with Crippen LogP contribution in [0.4, 0.5) is 4.79 Å². The normalized spacial score (nSPS) is 11.5. The summed E-state index contributed by atoms with van der Waals surface area (Å²) in [5.41, 5.74) is 6.97. The SMILES string of the molecule is Cc1ccc(CNC(=O)N[C@@H](CCC(N)=O)C(=O)O)cc1. The van der Waals surface area contributed by atoms with Crippen LogP contribution in [-0.2, 0) is 16.1 Å². The number of amides is 3. The highest BCUT2D eigenvalue weighted by molar-refractivity contribution is 5.83. The minimum absolute atomic E-state index is 0.0391. The third-order valence-electron chi connectivity index (χ3n) is 2.86. The number of carboxylic acid groups (broad SMARTS) is 1. The highest BCUT2D eigenvalue weighted by Gasteiger charge is 2.20. The molecule has 0 fully saturated rings. The second-order valence-corrected chi connectivity index (χ2v) is 4.71. The number of aryl methyl sites for hydroxylation is 1. The summed E-state index contributed by atoms with van der Waals surface area (Å²) in [5.74, 6) is -1.81. The molecule has 0 heterocycles. The summed E-state index contributed by atoms with van der Waals surface area (Å²) in [6.45, 7) is 2.24. The molecule has 0 aliphatic rings. The maximum atomic E-state index is 11.6. The molecule has 0 saturated heterocycles. The van der Waals surface area contributed by atoms with Crippen molar-refractivity contribution < 1.29 is 19.5 Å². The molecule has 1 atom stereocenters. The van der Waals surface area contributed by atoms with Gasteiger partial charge in [-0.3, -0.25) is 4.79 Å². The molecule has 1 aromatic carbocycles. The molecule has 0 unspecified atom stereocenters. The van der Waals surface area contributed by atoms with Gasteiger partial charge in [-0.1, -0.05) is 29.8 Å². The molecule has 0 bridgehead atoms. The molecule has 0 saturated carbocycles. The lowest BCUT2D eigenvalue weighted by molar-refractivity contribution is -0.139. The molecule has 3 amide bonds. The highest BCUT2D eigenvalue weighted by atomic mass is 16.4. The summed E-state index contributed by atoms with van der Waals surface area (Å²) in [6.07, 6.45) is -0.141. The number of primary amides is 1. The number of hydrogen-bond donors (Lipinski definition) is 4. The smallest absolute Gasteiger partial charge is 0.326 e. The monoisotopic (exact) mass is 293 g/mol. The maximum absolute atomic E-state index is 11.6. The van der Waals surface area contributed by atoms with E-state index in [0.29, 0.717) is 0 Å². The van der Waals surface area contributed by atoms with E-state index >= 15 is 0 Å². The fourth-order valence-corrected chi connectivity index (χ4v) is 1.64. The Morgan fingerprint density at radius 1 is 1.24 bits per heavy atom. The lowest BCUT2D eigenvalue weighted by Crippen LogP contribution is -2.46. The van der Waals surface area contributed by atoms with Crippen molar-refractivity contribution >= 4 is 17.9 Å². The number of nitrogens with one attached hydrogen (secondary N) is 2. The summed E-state index contributed by atoms with van der Waals surface area (Å²) < 4.78 is 0. The third kappa shape index (κ3) is 6.42. The fraction of sp³-hybridized carbons (Fsp3) is 0.357. The van der Waals surface area contributed by atoms with Crippen molar-refractivity contribution in [3.8, 4) is 0 Å². The predicted molar refractivity (Wildman–Crippen MR) is 76.4 cm³/mol. The predicted octanol–water partition coefficient (Wildman–Crippen LogP) is 0.513. The molecule has 7 nitrogen and oxygen atoms in total. The van der Waals surface area contributed by atoms with E-state index in [1.807, 2.05) is 31.2 Å². The van der Waals surface area contributed by atoms with E-state index in [9.17, 15) is 14.4 Å². The van der Waals surface area contributed by atoms with Gasteiger partial charge in [0.05, 0.1) is 0 Å². The van der Waals surface area contributed by atoms with E-state index in [1.54, 1.807) is 0 Å². The molecular formula is C14H19N3O4. The van der Waals surface area contributed by atoms with Crippen LogP contribution in [0.1, 0.15) is 24.0 Å². The molecule has 1 rings (SSSR count). The Bertz CT molecular complexity index is 513. The van der Waals surface area contributed by atoms with Gasteiger partial charge in [0, 0.05) is 13.0 Å². The Hall–Kier alpha value is -2.57. The highest BCUT2D eigenvalue weighted by Crippen LogP contribution is 2.02. The van der Waals surface area contributed by atoms with Crippen LogP contribution in [0.5, 0.6) is 0 Å². The van der Waals surface area contributed by atoms with Gasteiger partial charge < -0.3 is 21.5 Å². The standard InChI is InChI=1S/C14H19N3O4/c1-9-2-4-10(5-3-9)8-16-14(21)17-11(13(19)20)6-7-12(15)18/h2-5,11H,6-8H2,1H3,(H2,15,18)(H,19,20)(H2,16,17,21)/t11-/m0/s1. The number of aliphatic carboxylic acids is 1. The van der Waals surface area contributed by atoms with Crippen LogP contribution >= 0.6 is 0 Å². The van der Waals surface area contributed by atoms with Crippen LogP contribution in [0.2, 0.25) is 0 Å². The molecule has 0 aromatic heterocycles. The first-order valence-corrected chi connectivity index (χ1v) is 6.49. The van der Waals surface area contributed by atoms with Crippen molar-refractivity contribution in [2.45, 2.75) is 32.4 Å². The summed E-state index contributed by atoms with van der Waals surface area (Å²) in [6, 6.07) is 5.83. The van der Waals surface area contributed by atoms with Gasteiger partial charge >= 0.3 is 12.0 Å². The molecule has 21 heavy (non-hydrogen) atoms. The van der Waals surface area contributed by atoms with Crippen molar-refractivity contribution in [1.29, 1.82) is 0 Å². The van der Waals surface area contributed by atoms with Crippen LogP contribution in [0.25, 0.3) is 0 Å². The van der Waals surface area contributed by atoms with E-state index in [1.165, 1.54) is 0 Å². The molecule has 0 aliphatic heterocycles. The lowest BCUT2D eigenvalue weighted by atomic mass is 10.1. The van der Waals surface area contributed by atoms with Crippen molar-refractivity contribution in [1.82, 2.24) is 10.6 Å². The fourth-order valence-electron chi connectivity index (χ4n) is 1.64. The zero-order valence-electron chi connectivity index (χ0n) is 11.8. The number of nitrogens with two attached hydrogens (primary N) is 1. The van der Waals surface area contributed by atoms with Gasteiger partial charge in [-0.2, -0.15) is 0 Å². The van der Waals surface area contributed by atoms with Crippen LogP contribution in [0, 0.1) is 6.92 Å². The Morgan fingerprint density at radius 3 is 2.38 bits per heavy atom. The number of rotatable bonds is 7. The van der Waals surface area contributed by atoms with Gasteiger partial charge in [0.2, 0.25) is 5.91 Å². The molecule has 114 valence electrons. The summed E-state index contributed by atoms with van der Waals surface area (Å²) >= 11 is 0. The van der Waals surface area contributed by atoms with Crippen molar-refractivity contribution in [3.63, 3.8) is 0 Å². The average molecular weight is 293 g/mol. The minimum Gasteiger partial charge on any atom is -0.480 e. The maximum Gasteiger partial charge on any atom is 0.326 e. The van der Waals surface area contributed by atoms with Crippen LogP contribution < -0.4 is 16.4 Å². The second kappa shape index (κ2) is 7.88. The largest absolute Gasteiger partial charge is 0.480 e. The molecule has 0 radical (unpaired) electrons. The zero-order chi connectivity index (χ0) is 15.8. The number of hydrogen-bond acceptors (Lipinski definition) is 3. The summed E-state index contributed by atoms with van der Waals surface area (Å²) in [7, 11) is 0. The van der Waals surface area contributed by atoms with E-state index in [4.69, 9.17) is 10.8 Å². The molecule has 0 spiro atoms. The van der Waals surface area contributed by atoms with Crippen molar-refractivity contribution in [2.75, 3.05) is 0 Å².